The van der Waals surface area contributed by atoms with Gasteiger partial charge in [-0.3, -0.25) is 0 Å². The Kier molecular flexibility index (Phi) is 3.33. The van der Waals surface area contributed by atoms with Gasteiger partial charge in [-0.05, 0) is 25.5 Å². The maximum Gasteiger partial charge on any atom is 0.130 e. The first-order valence-corrected chi connectivity index (χ1v) is 5.81. The molecule has 2 aromatic rings. The summed E-state index contributed by atoms with van der Waals surface area (Å²) >= 11 is 0. The van der Waals surface area contributed by atoms with Crippen molar-refractivity contribution < 1.29 is 4.74 Å². The van der Waals surface area contributed by atoms with Crippen LogP contribution in [0, 0.1) is 6.92 Å². The molecule has 0 aliphatic rings. The molecule has 0 atom stereocenters. The van der Waals surface area contributed by atoms with Crippen molar-refractivity contribution in [2.24, 2.45) is 0 Å². The van der Waals surface area contributed by atoms with Crippen LogP contribution < -0.4 is 10.5 Å². The number of ether oxygens (including phenoxy) is 1. The lowest BCUT2D eigenvalue weighted by molar-refractivity contribution is 0.339. The van der Waals surface area contributed by atoms with Crippen LogP contribution in [-0.2, 0) is 0 Å². The molecule has 2 nitrogen and oxygen atoms in total. The molecule has 0 bridgehead atoms. The van der Waals surface area contributed by atoms with Gasteiger partial charge in [-0.15, -0.1) is 0 Å². The summed E-state index contributed by atoms with van der Waals surface area (Å²) in [4.78, 5) is 0. The van der Waals surface area contributed by atoms with Crippen molar-refractivity contribution in [1.29, 1.82) is 0 Å². The summed E-state index contributed by atoms with van der Waals surface area (Å²) in [6, 6.07) is 14.0. The number of hydrogen-bond donors (Lipinski definition) is 1. The smallest absolute Gasteiger partial charge is 0.130 e. The average Bonchev–Trinajstić information content (AvgIpc) is 2.33. The molecule has 0 aromatic heterocycles. The summed E-state index contributed by atoms with van der Waals surface area (Å²) in [6.45, 7) is 4.70. The van der Waals surface area contributed by atoms with Gasteiger partial charge in [0, 0.05) is 16.8 Å². The summed E-state index contributed by atoms with van der Waals surface area (Å²) < 4.78 is 5.72. The molecule has 0 aliphatic carbocycles. The zero-order valence-electron chi connectivity index (χ0n) is 10.2. The third-order valence-corrected chi connectivity index (χ3v) is 2.75. The Bertz CT molecular complexity index is 520. The predicted molar refractivity (Wildman–Crippen MR) is 72.2 cm³/mol. The molecule has 0 aliphatic heterocycles. The molecule has 0 amide bonds. The minimum Gasteiger partial charge on any atom is -0.493 e. The highest BCUT2D eigenvalue weighted by atomic mass is 16.5. The van der Waals surface area contributed by atoms with Crippen LogP contribution >= 0.6 is 0 Å². The van der Waals surface area contributed by atoms with Crippen LogP contribution in [0.1, 0.15) is 12.5 Å². The molecule has 88 valence electrons. The van der Waals surface area contributed by atoms with E-state index in [-0.39, 0.29) is 0 Å². The Balaban J connectivity index is 2.59. The van der Waals surface area contributed by atoms with Crippen molar-refractivity contribution in [1.82, 2.24) is 0 Å². The van der Waals surface area contributed by atoms with Crippen molar-refractivity contribution in [2.75, 3.05) is 12.3 Å². The van der Waals surface area contributed by atoms with E-state index in [1.165, 1.54) is 0 Å². The van der Waals surface area contributed by atoms with Gasteiger partial charge in [-0.2, -0.15) is 0 Å². The van der Waals surface area contributed by atoms with Gasteiger partial charge >= 0.3 is 0 Å². The van der Waals surface area contributed by atoms with Crippen molar-refractivity contribution in [3.8, 4) is 16.9 Å². The highest BCUT2D eigenvalue weighted by molar-refractivity contribution is 5.81. The molecule has 0 saturated carbocycles. The maximum atomic E-state index is 6.01. The zero-order chi connectivity index (χ0) is 12.3. The minimum atomic E-state index is 0.657. The fourth-order valence-corrected chi connectivity index (χ4v) is 1.94. The van der Waals surface area contributed by atoms with E-state index >= 15 is 0 Å². The molecule has 0 fully saturated rings. The molecule has 0 radical (unpaired) electrons. The lowest BCUT2D eigenvalue weighted by atomic mass is 10.0. The van der Waals surface area contributed by atoms with E-state index in [4.69, 9.17) is 10.5 Å². The first-order valence-electron chi connectivity index (χ1n) is 5.81. The molecule has 2 heteroatoms. The zero-order valence-corrected chi connectivity index (χ0v) is 10.2. The molecular weight excluding hydrogens is 210 g/mol. The Morgan fingerprint density at radius 3 is 2.41 bits per heavy atom. The molecule has 0 unspecified atom stereocenters. The highest BCUT2D eigenvalue weighted by Gasteiger charge is 2.10. The van der Waals surface area contributed by atoms with E-state index in [1.54, 1.807) is 0 Å². The van der Waals surface area contributed by atoms with Crippen LogP contribution in [0.3, 0.4) is 0 Å². The number of anilines is 1. The normalized spacial score (nSPS) is 10.2. The standard InChI is InChI=1S/C15H17NO/c1-3-17-15-11(2)7-6-9-13(15)12-8-4-5-10-14(12)16/h4-10H,3,16H2,1-2H3. The monoisotopic (exact) mass is 227 g/mol. The SMILES string of the molecule is CCOc1c(C)cccc1-c1ccccc1N. The summed E-state index contributed by atoms with van der Waals surface area (Å²) in [5.74, 6) is 0.924. The first kappa shape index (κ1) is 11.5. The van der Waals surface area contributed by atoms with Crippen molar-refractivity contribution in [3.63, 3.8) is 0 Å². The van der Waals surface area contributed by atoms with E-state index in [1.807, 2.05) is 56.3 Å². The Labute approximate surface area is 102 Å². The van der Waals surface area contributed by atoms with Gasteiger partial charge in [0.1, 0.15) is 5.75 Å². The second-order valence-electron chi connectivity index (χ2n) is 3.97. The molecule has 0 heterocycles. The van der Waals surface area contributed by atoms with Gasteiger partial charge in [0.25, 0.3) is 0 Å². The number of hydrogen-bond acceptors (Lipinski definition) is 2. The number of para-hydroxylation sites is 2. The van der Waals surface area contributed by atoms with E-state index in [2.05, 4.69) is 0 Å². The quantitative estimate of drug-likeness (QED) is 0.812. The van der Waals surface area contributed by atoms with Gasteiger partial charge in [-0.1, -0.05) is 36.4 Å². The van der Waals surface area contributed by atoms with E-state index in [0.717, 1.165) is 28.1 Å². The second kappa shape index (κ2) is 4.91. The van der Waals surface area contributed by atoms with E-state index < -0.39 is 0 Å². The maximum absolute atomic E-state index is 6.01. The topological polar surface area (TPSA) is 35.2 Å². The Hall–Kier alpha value is -1.96. The average molecular weight is 227 g/mol. The second-order valence-corrected chi connectivity index (χ2v) is 3.97. The van der Waals surface area contributed by atoms with Crippen LogP contribution in [0.4, 0.5) is 5.69 Å². The fraction of sp³-hybridized carbons (Fsp3) is 0.200. The van der Waals surface area contributed by atoms with Crippen molar-refractivity contribution in [2.45, 2.75) is 13.8 Å². The van der Waals surface area contributed by atoms with E-state index in [0.29, 0.717) is 6.61 Å². The fourth-order valence-electron chi connectivity index (χ4n) is 1.94. The summed E-state index contributed by atoms with van der Waals surface area (Å²) in [5.41, 5.74) is 10.0. The third kappa shape index (κ3) is 2.26. The van der Waals surface area contributed by atoms with Crippen molar-refractivity contribution >= 4 is 5.69 Å². The highest BCUT2D eigenvalue weighted by Crippen LogP contribution is 2.35. The number of rotatable bonds is 3. The van der Waals surface area contributed by atoms with E-state index in [9.17, 15) is 0 Å². The van der Waals surface area contributed by atoms with Gasteiger partial charge in [0.05, 0.1) is 6.61 Å². The number of nitrogen functional groups attached to an aromatic ring is 1. The minimum absolute atomic E-state index is 0.657. The molecular formula is C15H17NO. The number of nitrogens with two attached hydrogens (primary N) is 1. The van der Waals surface area contributed by atoms with Crippen LogP contribution in [0.15, 0.2) is 42.5 Å². The largest absolute Gasteiger partial charge is 0.493 e. The van der Waals surface area contributed by atoms with Crippen molar-refractivity contribution in [3.05, 3.63) is 48.0 Å². The van der Waals surface area contributed by atoms with Crippen LogP contribution in [0.5, 0.6) is 5.75 Å². The van der Waals surface area contributed by atoms with Crippen LogP contribution in [0.25, 0.3) is 11.1 Å². The predicted octanol–water partition coefficient (Wildman–Crippen LogP) is 3.64. The number of aryl methyl sites for hydroxylation is 1. The third-order valence-electron chi connectivity index (χ3n) is 2.75. The Morgan fingerprint density at radius 1 is 1.00 bits per heavy atom. The summed E-state index contributed by atoms with van der Waals surface area (Å²) in [6.07, 6.45) is 0. The molecule has 2 N–H and O–H groups in total. The van der Waals surface area contributed by atoms with Gasteiger partial charge in [0.15, 0.2) is 0 Å². The van der Waals surface area contributed by atoms with Gasteiger partial charge < -0.3 is 10.5 Å². The summed E-state index contributed by atoms with van der Waals surface area (Å²) in [7, 11) is 0. The number of benzene rings is 2. The Morgan fingerprint density at radius 2 is 1.71 bits per heavy atom. The summed E-state index contributed by atoms with van der Waals surface area (Å²) in [5, 5.41) is 0. The molecule has 0 spiro atoms. The molecule has 0 saturated heterocycles. The first-order chi connectivity index (χ1) is 8.24. The van der Waals surface area contributed by atoms with Gasteiger partial charge in [-0.25, -0.2) is 0 Å². The van der Waals surface area contributed by atoms with Gasteiger partial charge in [0.2, 0.25) is 0 Å². The molecule has 17 heavy (non-hydrogen) atoms. The molecule has 2 aromatic carbocycles. The van der Waals surface area contributed by atoms with Crippen LogP contribution in [-0.4, -0.2) is 6.61 Å². The molecule has 2 rings (SSSR count). The van der Waals surface area contributed by atoms with Crippen LogP contribution in [0.2, 0.25) is 0 Å². The lowest BCUT2D eigenvalue weighted by Crippen LogP contribution is -1.98. The lowest BCUT2D eigenvalue weighted by Gasteiger charge is -2.14.